The minimum absolute atomic E-state index is 0. The maximum absolute atomic E-state index is 2.33. The third-order valence-electron chi connectivity index (χ3n) is 15.8. The van der Waals surface area contributed by atoms with Gasteiger partial charge < -0.3 is 36.7 Å². The van der Waals surface area contributed by atoms with E-state index in [-0.39, 0.29) is 18.8 Å². The molecule has 0 radical (unpaired) electrons. The molecule has 0 saturated carbocycles. The molecule has 0 saturated heterocycles. The van der Waals surface area contributed by atoms with Crippen molar-refractivity contribution in [2.24, 2.45) is 0 Å². The van der Waals surface area contributed by atoms with E-state index in [9.17, 15) is 0 Å². The molecule has 0 rings (SSSR count). The summed E-state index contributed by atoms with van der Waals surface area (Å²) in [5.41, 5.74) is 0. The third-order valence-corrected chi connectivity index (χ3v) is 15.8. The fraction of sp³-hybridized carbons (Fsp3) is 1.00. The molecule has 4 nitrogen and oxygen atoms in total. The van der Waals surface area contributed by atoms with Crippen molar-refractivity contribution < 1.29 is 36.7 Å². The highest BCUT2D eigenvalue weighted by atomic mass is 19.0. The SMILES string of the molecule is CCCC[N+](CCCC)(CCCC)CCCC.CCCC[N+](CCCC)(CCCC)CCCC.CCCC[N+](CCCC)(CCCC)CCCC.CCCC[N+](CCCC)(CCCC)CCCC.[F-].[F-].[F-].[F-]. The third kappa shape index (κ3) is 51.7. The maximum Gasteiger partial charge on any atom is 0.0786 e. The van der Waals surface area contributed by atoms with Gasteiger partial charge in [-0.1, -0.05) is 214 Å². The number of nitrogens with zero attached hydrogens (tertiary/aromatic N) is 4. The van der Waals surface area contributed by atoms with Crippen LogP contribution in [0.2, 0.25) is 0 Å². The Morgan fingerprint density at radius 3 is 0.222 bits per heavy atom. The van der Waals surface area contributed by atoms with Crippen molar-refractivity contribution in [2.75, 3.05) is 105 Å². The molecule has 0 N–H and O–H groups in total. The molecular formula is C64H144F4N4. The summed E-state index contributed by atoms with van der Waals surface area (Å²) in [5.74, 6) is 0. The van der Waals surface area contributed by atoms with E-state index in [0.29, 0.717) is 0 Å². The van der Waals surface area contributed by atoms with Crippen LogP contribution in [0, 0.1) is 0 Å². The molecule has 0 aromatic carbocycles. The molecule has 0 spiro atoms. The Morgan fingerprint density at radius 2 is 0.181 bits per heavy atom. The zero-order chi connectivity index (χ0) is 51.9. The number of quaternary nitrogens is 4. The van der Waals surface area contributed by atoms with Crippen LogP contribution in [-0.2, 0) is 0 Å². The highest BCUT2D eigenvalue weighted by Gasteiger charge is 2.28. The molecule has 0 unspecified atom stereocenters. The van der Waals surface area contributed by atoms with Crippen LogP contribution in [0.1, 0.15) is 316 Å². The van der Waals surface area contributed by atoms with Gasteiger partial charge in [-0.3, -0.25) is 0 Å². The van der Waals surface area contributed by atoms with Gasteiger partial charge in [0.15, 0.2) is 0 Å². The highest BCUT2D eigenvalue weighted by Crippen LogP contribution is 2.20. The van der Waals surface area contributed by atoms with E-state index in [0.717, 1.165) is 0 Å². The molecule has 0 fully saturated rings. The first-order chi connectivity index (χ1) is 33.0. The number of rotatable bonds is 48. The molecular weight excluding hydrogens is 901 g/mol. The average molecular weight is 1050 g/mol. The lowest BCUT2D eigenvalue weighted by Gasteiger charge is -2.39. The molecule has 0 amide bonds. The summed E-state index contributed by atoms with van der Waals surface area (Å²) in [7, 11) is 0. The lowest BCUT2D eigenvalue weighted by atomic mass is 10.1. The minimum atomic E-state index is 0. The van der Waals surface area contributed by atoms with Crippen LogP contribution in [0.3, 0.4) is 0 Å². The molecule has 72 heavy (non-hydrogen) atoms. The standard InChI is InChI=1S/4C16H36N.4FH/c4*1-5-9-13-17(14-10-6-2,15-11-7-3)16-12-8-4;;;;/h4*5-16H2,1-4H3;4*1H/q4*+1;;;;/p-4. The van der Waals surface area contributed by atoms with Crippen molar-refractivity contribution in [1.29, 1.82) is 0 Å². The van der Waals surface area contributed by atoms with Gasteiger partial charge in [0.05, 0.1) is 105 Å². The van der Waals surface area contributed by atoms with Gasteiger partial charge in [-0.15, -0.1) is 0 Å². The normalized spacial score (nSPS) is 11.3. The van der Waals surface area contributed by atoms with Gasteiger partial charge in [-0.05, 0) is 103 Å². The van der Waals surface area contributed by atoms with Crippen molar-refractivity contribution in [3.8, 4) is 0 Å². The Bertz CT molecular complexity index is 631. The van der Waals surface area contributed by atoms with E-state index < -0.39 is 0 Å². The Labute approximate surface area is 456 Å². The summed E-state index contributed by atoms with van der Waals surface area (Å²) < 4.78 is 5.68. The highest BCUT2D eigenvalue weighted by molar-refractivity contribution is 4.53. The molecule has 0 aliphatic heterocycles. The molecule has 0 aromatic heterocycles. The smallest absolute Gasteiger partial charge is 0.0786 e. The van der Waals surface area contributed by atoms with Crippen molar-refractivity contribution >= 4 is 0 Å². The Morgan fingerprint density at radius 1 is 0.125 bits per heavy atom. The summed E-state index contributed by atoms with van der Waals surface area (Å²) in [6.07, 6.45) is 44.2. The lowest BCUT2D eigenvalue weighted by molar-refractivity contribution is -0.929. The van der Waals surface area contributed by atoms with Crippen molar-refractivity contribution in [3.63, 3.8) is 0 Å². The van der Waals surface area contributed by atoms with Gasteiger partial charge in [0.25, 0.3) is 0 Å². The quantitative estimate of drug-likeness (QED) is 0.0429. The summed E-state index contributed by atoms with van der Waals surface area (Å²) in [5, 5.41) is 0. The van der Waals surface area contributed by atoms with Crippen molar-refractivity contribution in [3.05, 3.63) is 0 Å². The van der Waals surface area contributed by atoms with E-state index in [1.165, 1.54) is 328 Å². The number of unbranched alkanes of at least 4 members (excludes halogenated alkanes) is 16. The maximum atomic E-state index is 2.33. The van der Waals surface area contributed by atoms with Crippen LogP contribution >= 0.6 is 0 Å². The molecule has 0 aliphatic rings. The van der Waals surface area contributed by atoms with Crippen LogP contribution in [0.15, 0.2) is 0 Å². The van der Waals surface area contributed by atoms with E-state index >= 15 is 0 Å². The van der Waals surface area contributed by atoms with Gasteiger partial charge in [0, 0.05) is 0 Å². The summed E-state index contributed by atoms with van der Waals surface area (Å²) in [6, 6.07) is 0. The second-order valence-electron chi connectivity index (χ2n) is 22.6. The Balaban J connectivity index is -0.000000124. The van der Waals surface area contributed by atoms with E-state index in [1.807, 2.05) is 0 Å². The van der Waals surface area contributed by atoms with E-state index in [4.69, 9.17) is 0 Å². The topological polar surface area (TPSA) is 0 Å². The zero-order valence-electron chi connectivity index (χ0n) is 53.2. The summed E-state index contributed by atoms with van der Waals surface area (Å²) in [4.78, 5) is 0. The second-order valence-corrected chi connectivity index (χ2v) is 22.6. The average Bonchev–Trinajstić information content (AvgIpc) is 3.37. The van der Waals surface area contributed by atoms with Crippen LogP contribution in [0.25, 0.3) is 0 Å². The summed E-state index contributed by atoms with van der Waals surface area (Å²) in [6.45, 7) is 60.1. The molecule has 0 aliphatic carbocycles. The first kappa shape index (κ1) is 88.2. The van der Waals surface area contributed by atoms with Crippen molar-refractivity contribution in [1.82, 2.24) is 0 Å². The van der Waals surface area contributed by atoms with Crippen LogP contribution in [-0.4, -0.2) is 123 Å². The number of hydrogen-bond acceptors (Lipinski definition) is 0. The van der Waals surface area contributed by atoms with Crippen LogP contribution in [0.5, 0.6) is 0 Å². The van der Waals surface area contributed by atoms with Crippen molar-refractivity contribution in [2.45, 2.75) is 316 Å². The summed E-state index contributed by atoms with van der Waals surface area (Å²) >= 11 is 0. The van der Waals surface area contributed by atoms with Crippen LogP contribution in [0.4, 0.5) is 0 Å². The molecule has 8 heteroatoms. The Kier molecular flexibility index (Phi) is 81.7. The fourth-order valence-electron chi connectivity index (χ4n) is 10.6. The lowest BCUT2D eigenvalue weighted by Crippen LogP contribution is -3.00. The Hall–Kier alpha value is -0.440. The fourth-order valence-corrected chi connectivity index (χ4v) is 10.6. The van der Waals surface area contributed by atoms with Gasteiger partial charge >= 0.3 is 0 Å². The first-order valence-electron chi connectivity index (χ1n) is 32.4. The largest absolute Gasteiger partial charge is 1.00 e. The molecule has 0 atom stereocenters. The van der Waals surface area contributed by atoms with E-state index in [1.54, 1.807) is 0 Å². The second kappa shape index (κ2) is 66.7. The van der Waals surface area contributed by atoms with Gasteiger partial charge in [0.2, 0.25) is 0 Å². The predicted octanol–water partition coefficient (Wildman–Crippen LogP) is 8.03. The zero-order valence-corrected chi connectivity index (χ0v) is 53.2. The monoisotopic (exact) mass is 1050 g/mol. The number of hydrogen-bond donors (Lipinski definition) is 0. The molecule has 0 aromatic rings. The van der Waals surface area contributed by atoms with E-state index in [2.05, 4.69) is 111 Å². The molecule has 0 bridgehead atoms. The predicted molar refractivity (Wildman–Crippen MR) is 317 cm³/mol. The number of halogens is 4. The molecule has 0 heterocycles. The van der Waals surface area contributed by atoms with Crippen LogP contribution < -0.4 is 18.8 Å². The van der Waals surface area contributed by atoms with Gasteiger partial charge in [-0.2, -0.15) is 0 Å². The molecule has 448 valence electrons. The minimum Gasteiger partial charge on any atom is -1.00 e. The van der Waals surface area contributed by atoms with Gasteiger partial charge in [0.1, 0.15) is 0 Å². The van der Waals surface area contributed by atoms with Gasteiger partial charge in [-0.25, -0.2) is 0 Å². The first-order valence-corrected chi connectivity index (χ1v) is 32.4.